The van der Waals surface area contributed by atoms with Crippen molar-refractivity contribution in [3.63, 3.8) is 0 Å². The number of nitrogens with zero attached hydrogens (tertiary/aromatic N) is 5. The molecule has 0 unspecified atom stereocenters. The summed E-state index contributed by atoms with van der Waals surface area (Å²) in [6.07, 6.45) is 2.97. The molecule has 2 aromatic heterocycles. The Morgan fingerprint density at radius 3 is 2.50 bits per heavy atom. The van der Waals surface area contributed by atoms with E-state index in [0.717, 1.165) is 57.8 Å². The molecular weight excluding hydrogens is 354 g/mol. The quantitative estimate of drug-likeness (QED) is 0.806. The fourth-order valence-electron chi connectivity index (χ4n) is 4.23. The molecular formula is C21H31N5O2. The van der Waals surface area contributed by atoms with E-state index in [0.29, 0.717) is 41.5 Å². The first-order valence-corrected chi connectivity index (χ1v) is 10.5. The number of hydrogen-bond acceptors (Lipinski definition) is 6. The van der Waals surface area contributed by atoms with E-state index in [4.69, 9.17) is 4.42 Å². The van der Waals surface area contributed by atoms with Crippen LogP contribution in [0, 0.1) is 12.8 Å². The maximum Gasteiger partial charge on any atom is 0.300 e. The van der Waals surface area contributed by atoms with Crippen molar-refractivity contribution in [1.29, 1.82) is 0 Å². The zero-order valence-corrected chi connectivity index (χ0v) is 17.2. The predicted molar refractivity (Wildman–Crippen MR) is 109 cm³/mol. The summed E-state index contributed by atoms with van der Waals surface area (Å²) in [6.45, 7) is 11.7. The van der Waals surface area contributed by atoms with E-state index in [2.05, 4.69) is 33.6 Å². The van der Waals surface area contributed by atoms with Crippen molar-refractivity contribution in [2.75, 3.05) is 44.2 Å². The van der Waals surface area contributed by atoms with Gasteiger partial charge in [0, 0.05) is 44.3 Å². The number of oxazole rings is 1. The minimum atomic E-state index is 0.303. The highest BCUT2D eigenvalue weighted by Gasteiger charge is 2.28. The molecule has 2 aliphatic rings. The first-order valence-electron chi connectivity index (χ1n) is 10.5. The smallest absolute Gasteiger partial charge is 0.300 e. The van der Waals surface area contributed by atoms with Gasteiger partial charge in [0.2, 0.25) is 11.6 Å². The molecule has 152 valence electrons. The van der Waals surface area contributed by atoms with Crippen LogP contribution in [0.4, 0.5) is 6.01 Å². The molecule has 0 atom stereocenters. The first kappa shape index (κ1) is 19.2. The van der Waals surface area contributed by atoms with Crippen LogP contribution < -0.4 is 4.90 Å². The summed E-state index contributed by atoms with van der Waals surface area (Å²) in [5.74, 6) is 0.837. The first-order chi connectivity index (χ1) is 13.5. The summed E-state index contributed by atoms with van der Waals surface area (Å²) in [5.41, 5.74) is 2.30. The van der Waals surface area contributed by atoms with Gasteiger partial charge in [-0.05, 0) is 64.8 Å². The van der Waals surface area contributed by atoms with Crippen molar-refractivity contribution in [2.24, 2.45) is 5.92 Å². The molecule has 2 aromatic rings. The summed E-state index contributed by atoms with van der Waals surface area (Å²) in [7, 11) is 0. The van der Waals surface area contributed by atoms with Gasteiger partial charge in [0.15, 0.2) is 5.58 Å². The second-order valence-electron chi connectivity index (χ2n) is 8.42. The van der Waals surface area contributed by atoms with Crippen molar-refractivity contribution in [1.82, 2.24) is 19.8 Å². The molecule has 4 heterocycles. The van der Waals surface area contributed by atoms with E-state index in [-0.39, 0.29) is 0 Å². The van der Waals surface area contributed by atoms with Gasteiger partial charge in [-0.25, -0.2) is 4.98 Å². The Labute approximate surface area is 166 Å². The van der Waals surface area contributed by atoms with Crippen LogP contribution in [0.3, 0.4) is 0 Å². The molecule has 28 heavy (non-hydrogen) atoms. The highest BCUT2D eigenvalue weighted by molar-refractivity contribution is 5.77. The lowest BCUT2D eigenvalue weighted by molar-refractivity contribution is -0.132. The SMILES string of the molecule is Cc1ccc2oc(N3CCN(C(=O)CC4CCN(C(C)C)CC4)CC3)nc2n1. The Bertz CT molecular complexity index is 817. The number of fused-ring (bicyclic) bond motifs is 1. The van der Waals surface area contributed by atoms with Crippen molar-refractivity contribution < 1.29 is 9.21 Å². The molecule has 0 aliphatic carbocycles. The molecule has 4 rings (SSSR count). The molecule has 2 aliphatic heterocycles. The number of rotatable bonds is 4. The third-order valence-corrected chi connectivity index (χ3v) is 6.13. The molecule has 0 spiro atoms. The Kier molecular flexibility index (Phi) is 5.53. The number of amides is 1. The lowest BCUT2D eigenvalue weighted by Crippen LogP contribution is -2.49. The van der Waals surface area contributed by atoms with Crippen LogP contribution in [-0.2, 0) is 4.79 Å². The van der Waals surface area contributed by atoms with Crippen LogP contribution >= 0.6 is 0 Å². The van der Waals surface area contributed by atoms with Crippen LogP contribution in [0.2, 0.25) is 0 Å². The second kappa shape index (κ2) is 8.07. The van der Waals surface area contributed by atoms with E-state index >= 15 is 0 Å². The number of hydrogen-bond donors (Lipinski definition) is 0. The van der Waals surface area contributed by atoms with Crippen molar-refractivity contribution in [3.05, 3.63) is 17.8 Å². The minimum absolute atomic E-state index is 0.303. The predicted octanol–water partition coefficient (Wildman–Crippen LogP) is 2.69. The average molecular weight is 386 g/mol. The summed E-state index contributed by atoms with van der Waals surface area (Å²) >= 11 is 0. The fraction of sp³-hybridized carbons (Fsp3) is 0.667. The molecule has 0 N–H and O–H groups in total. The number of piperidine rings is 1. The maximum atomic E-state index is 12.7. The highest BCUT2D eigenvalue weighted by Crippen LogP contribution is 2.25. The Morgan fingerprint density at radius 1 is 1.11 bits per heavy atom. The molecule has 7 nitrogen and oxygen atoms in total. The van der Waals surface area contributed by atoms with Gasteiger partial charge >= 0.3 is 0 Å². The summed E-state index contributed by atoms with van der Waals surface area (Å²) in [5, 5.41) is 0. The van der Waals surface area contributed by atoms with Gasteiger partial charge in [0.05, 0.1) is 0 Å². The molecule has 0 saturated carbocycles. The summed E-state index contributed by atoms with van der Waals surface area (Å²) in [4.78, 5) is 28.3. The summed E-state index contributed by atoms with van der Waals surface area (Å²) in [6, 6.07) is 5.06. The van der Waals surface area contributed by atoms with Gasteiger partial charge in [0.25, 0.3) is 6.01 Å². The van der Waals surface area contributed by atoms with Crippen LogP contribution in [0.25, 0.3) is 11.2 Å². The second-order valence-corrected chi connectivity index (χ2v) is 8.42. The standard InChI is InChI=1S/C21H31N5O2/c1-15(2)24-8-6-17(7-9-24)14-19(27)25-10-12-26(13-11-25)21-23-20-18(28-21)5-4-16(3)22-20/h4-5,15,17H,6-14H2,1-3H3. The van der Waals surface area contributed by atoms with E-state index in [1.807, 2.05) is 24.0 Å². The van der Waals surface area contributed by atoms with Crippen molar-refractivity contribution in [3.8, 4) is 0 Å². The van der Waals surface area contributed by atoms with Gasteiger partial charge in [-0.15, -0.1) is 0 Å². The number of aromatic nitrogens is 2. The van der Waals surface area contributed by atoms with Crippen LogP contribution in [0.15, 0.2) is 16.5 Å². The molecule has 0 bridgehead atoms. The lowest BCUT2D eigenvalue weighted by Gasteiger charge is -2.37. The zero-order chi connectivity index (χ0) is 19.7. The normalized spacial score (nSPS) is 19.7. The largest absolute Gasteiger partial charge is 0.422 e. The van der Waals surface area contributed by atoms with Crippen LogP contribution in [0.5, 0.6) is 0 Å². The van der Waals surface area contributed by atoms with E-state index < -0.39 is 0 Å². The van der Waals surface area contributed by atoms with E-state index in [1.54, 1.807) is 0 Å². The fourth-order valence-corrected chi connectivity index (χ4v) is 4.23. The van der Waals surface area contributed by atoms with Gasteiger partial charge in [-0.3, -0.25) is 4.79 Å². The van der Waals surface area contributed by atoms with Crippen LogP contribution in [0.1, 0.15) is 38.8 Å². The minimum Gasteiger partial charge on any atom is -0.422 e. The zero-order valence-electron chi connectivity index (χ0n) is 17.2. The van der Waals surface area contributed by atoms with Gasteiger partial charge in [-0.1, -0.05) is 0 Å². The van der Waals surface area contributed by atoms with Crippen LogP contribution in [-0.4, -0.2) is 71.0 Å². The third-order valence-electron chi connectivity index (χ3n) is 6.13. The Morgan fingerprint density at radius 2 is 1.82 bits per heavy atom. The number of piperazine rings is 1. The molecule has 2 saturated heterocycles. The van der Waals surface area contributed by atoms with Crippen molar-refractivity contribution >= 4 is 23.2 Å². The number of aryl methyl sites for hydroxylation is 1. The number of anilines is 1. The number of likely N-dealkylation sites (tertiary alicyclic amines) is 1. The molecule has 0 radical (unpaired) electrons. The molecule has 0 aromatic carbocycles. The highest BCUT2D eigenvalue weighted by atomic mass is 16.4. The van der Waals surface area contributed by atoms with Gasteiger partial charge in [-0.2, -0.15) is 4.98 Å². The number of carbonyl (C=O) groups is 1. The third kappa shape index (κ3) is 4.14. The summed E-state index contributed by atoms with van der Waals surface area (Å²) < 4.78 is 5.85. The molecule has 2 fully saturated rings. The number of pyridine rings is 1. The monoisotopic (exact) mass is 385 g/mol. The lowest BCUT2D eigenvalue weighted by atomic mass is 9.92. The number of carbonyl (C=O) groups excluding carboxylic acids is 1. The topological polar surface area (TPSA) is 65.7 Å². The van der Waals surface area contributed by atoms with Gasteiger partial charge in [0.1, 0.15) is 0 Å². The van der Waals surface area contributed by atoms with Gasteiger partial charge < -0.3 is 19.1 Å². The molecule has 1 amide bonds. The maximum absolute atomic E-state index is 12.7. The Hall–Kier alpha value is -2.15. The molecule has 7 heteroatoms. The van der Waals surface area contributed by atoms with E-state index in [1.165, 1.54) is 0 Å². The van der Waals surface area contributed by atoms with E-state index in [9.17, 15) is 4.79 Å². The van der Waals surface area contributed by atoms with Crippen molar-refractivity contribution in [2.45, 2.75) is 46.1 Å². The average Bonchev–Trinajstić information content (AvgIpc) is 3.11. The Balaban J connectivity index is 1.28.